The summed E-state index contributed by atoms with van der Waals surface area (Å²) in [4.78, 5) is 12.0. The van der Waals surface area contributed by atoms with Gasteiger partial charge in [0.1, 0.15) is 0 Å². The Balaban J connectivity index is 3.23. The number of carbonyl (C=O) groups is 1. The van der Waals surface area contributed by atoms with Crippen molar-refractivity contribution in [3.63, 3.8) is 0 Å². The smallest absolute Gasteiger partial charge is 0.182 e. The molecule has 0 amide bonds. The molecule has 0 radical (unpaired) electrons. The van der Waals surface area contributed by atoms with Crippen LogP contribution in [-0.2, 0) is 0 Å². The molecule has 0 spiro atoms. The summed E-state index contributed by atoms with van der Waals surface area (Å²) in [5.41, 5.74) is 2.97. The molecule has 0 aliphatic rings. The number of rotatable bonds is 5. The minimum absolute atomic E-state index is 0.0250. The first kappa shape index (κ1) is 14.3. The van der Waals surface area contributed by atoms with E-state index in [4.69, 9.17) is 11.6 Å². The largest absolute Gasteiger partial charge is 0.345 e. The lowest BCUT2D eigenvalue weighted by Gasteiger charge is -2.19. The molecule has 2 nitrogen and oxygen atoms in total. The molecule has 1 heterocycles. The average Bonchev–Trinajstić information content (AvgIpc) is 2.57. The van der Waals surface area contributed by atoms with E-state index in [1.165, 1.54) is 0 Å². The number of carbonyl (C=O) groups excluding carboxylic acids is 1. The van der Waals surface area contributed by atoms with Crippen LogP contribution in [0.2, 0.25) is 0 Å². The second kappa shape index (κ2) is 5.72. The van der Waals surface area contributed by atoms with Gasteiger partial charge in [-0.1, -0.05) is 13.8 Å². The summed E-state index contributed by atoms with van der Waals surface area (Å²) in [5, 5.41) is -0.453. The van der Waals surface area contributed by atoms with Gasteiger partial charge in [-0.3, -0.25) is 4.79 Å². The fourth-order valence-electron chi connectivity index (χ4n) is 2.46. The molecule has 96 valence electrons. The molecule has 0 saturated heterocycles. The molecule has 0 fully saturated rings. The minimum atomic E-state index is -0.453. The lowest BCUT2D eigenvalue weighted by atomic mass is 10.1. The van der Waals surface area contributed by atoms with Crippen molar-refractivity contribution in [1.82, 2.24) is 4.57 Å². The Morgan fingerprint density at radius 1 is 1.35 bits per heavy atom. The zero-order chi connectivity index (χ0) is 13.2. The third-order valence-corrected chi connectivity index (χ3v) is 3.62. The standard InChI is InChI=1S/C14H22ClNO/c1-6-12(7-2)16-9(3)8-13(11(16)5)14(17)10(4)15/h8,10,12H,6-7H2,1-5H3. The van der Waals surface area contributed by atoms with Gasteiger partial charge in [0.05, 0.1) is 5.38 Å². The van der Waals surface area contributed by atoms with Gasteiger partial charge in [0.15, 0.2) is 5.78 Å². The Labute approximate surface area is 109 Å². The quantitative estimate of drug-likeness (QED) is 0.569. The maximum atomic E-state index is 12.0. The van der Waals surface area contributed by atoms with E-state index in [-0.39, 0.29) is 5.78 Å². The zero-order valence-electron chi connectivity index (χ0n) is 11.4. The van der Waals surface area contributed by atoms with Crippen molar-refractivity contribution >= 4 is 17.4 Å². The fourth-order valence-corrected chi connectivity index (χ4v) is 2.57. The summed E-state index contributed by atoms with van der Waals surface area (Å²) in [7, 11) is 0. The third-order valence-electron chi connectivity index (χ3n) is 3.42. The van der Waals surface area contributed by atoms with Gasteiger partial charge in [0.25, 0.3) is 0 Å². The molecule has 17 heavy (non-hydrogen) atoms. The molecule has 1 atom stereocenters. The number of hydrogen-bond acceptors (Lipinski definition) is 1. The summed E-state index contributed by atoms with van der Waals surface area (Å²) >= 11 is 5.88. The number of alkyl halides is 1. The molecule has 0 aromatic carbocycles. The summed E-state index contributed by atoms with van der Waals surface area (Å²) in [6, 6.07) is 2.44. The van der Waals surface area contributed by atoms with Gasteiger partial charge in [-0.25, -0.2) is 0 Å². The topological polar surface area (TPSA) is 22.0 Å². The van der Waals surface area contributed by atoms with Gasteiger partial charge in [-0.2, -0.15) is 0 Å². The lowest BCUT2D eigenvalue weighted by Crippen LogP contribution is -2.14. The predicted molar refractivity (Wildman–Crippen MR) is 73.2 cm³/mol. The molecule has 0 aliphatic carbocycles. The van der Waals surface area contributed by atoms with Crippen LogP contribution in [0, 0.1) is 13.8 Å². The maximum absolute atomic E-state index is 12.0. The first-order valence-electron chi connectivity index (χ1n) is 6.30. The van der Waals surface area contributed by atoms with Gasteiger partial charge in [0, 0.05) is 23.0 Å². The highest BCUT2D eigenvalue weighted by Gasteiger charge is 2.21. The van der Waals surface area contributed by atoms with Crippen LogP contribution < -0.4 is 0 Å². The molecule has 0 bridgehead atoms. The second-order valence-corrected chi connectivity index (χ2v) is 5.26. The first-order chi connectivity index (χ1) is 7.93. The van der Waals surface area contributed by atoms with Crippen LogP contribution in [0.5, 0.6) is 0 Å². The monoisotopic (exact) mass is 255 g/mol. The Kier molecular flexibility index (Phi) is 4.81. The summed E-state index contributed by atoms with van der Waals surface area (Å²) in [5.74, 6) is 0.0250. The van der Waals surface area contributed by atoms with Crippen molar-refractivity contribution in [1.29, 1.82) is 0 Å². The number of aryl methyl sites for hydroxylation is 1. The minimum Gasteiger partial charge on any atom is -0.345 e. The van der Waals surface area contributed by atoms with E-state index in [1.807, 2.05) is 13.0 Å². The van der Waals surface area contributed by atoms with Crippen LogP contribution in [0.1, 0.15) is 61.4 Å². The Hall–Kier alpha value is -0.760. The molecule has 1 unspecified atom stereocenters. The summed E-state index contributed by atoms with van der Waals surface area (Å²) in [6.45, 7) is 10.2. The summed E-state index contributed by atoms with van der Waals surface area (Å²) in [6.07, 6.45) is 2.16. The molecule has 1 aromatic heterocycles. The van der Waals surface area contributed by atoms with E-state index in [9.17, 15) is 4.79 Å². The summed E-state index contributed by atoms with van der Waals surface area (Å²) < 4.78 is 2.27. The SMILES string of the molecule is CCC(CC)n1c(C)cc(C(=O)C(C)Cl)c1C. The van der Waals surface area contributed by atoms with Crippen molar-refractivity contribution in [2.24, 2.45) is 0 Å². The van der Waals surface area contributed by atoms with Crippen LogP contribution in [0.15, 0.2) is 6.07 Å². The number of Topliss-reactive ketones (excluding diaryl/α,β-unsaturated/α-hetero) is 1. The number of halogens is 1. The van der Waals surface area contributed by atoms with Crippen LogP contribution in [0.4, 0.5) is 0 Å². The van der Waals surface area contributed by atoms with E-state index in [0.717, 1.165) is 29.8 Å². The van der Waals surface area contributed by atoms with E-state index in [1.54, 1.807) is 6.92 Å². The van der Waals surface area contributed by atoms with Crippen molar-refractivity contribution in [3.05, 3.63) is 23.0 Å². The second-order valence-electron chi connectivity index (χ2n) is 4.61. The molecule has 0 N–H and O–H groups in total. The van der Waals surface area contributed by atoms with E-state index in [2.05, 4.69) is 25.3 Å². The Bertz CT molecular complexity index is 403. The van der Waals surface area contributed by atoms with Crippen molar-refractivity contribution in [2.75, 3.05) is 0 Å². The van der Waals surface area contributed by atoms with Crippen LogP contribution in [-0.4, -0.2) is 15.7 Å². The molecule has 1 aromatic rings. The van der Waals surface area contributed by atoms with Crippen molar-refractivity contribution in [2.45, 2.75) is 58.9 Å². The van der Waals surface area contributed by atoms with E-state index < -0.39 is 5.38 Å². The van der Waals surface area contributed by atoms with Crippen LogP contribution in [0.3, 0.4) is 0 Å². The third kappa shape index (κ3) is 2.74. The Morgan fingerprint density at radius 3 is 2.29 bits per heavy atom. The number of hydrogen-bond donors (Lipinski definition) is 0. The average molecular weight is 256 g/mol. The van der Waals surface area contributed by atoms with Gasteiger partial charge >= 0.3 is 0 Å². The molecule has 0 saturated carbocycles. The van der Waals surface area contributed by atoms with E-state index in [0.29, 0.717) is 6.04 Å². The number of aromatic nitrogens is 1. The maximum Gasteiger partial charge on any atom is 0.182 e. The highest BCUT2D eigenvalue weighted by Crippen LogP contribution is 2.26. The Morgan fingerprint density at radius 2 is 1.88 bits per heavy atom. The number of nitrogens with zero attached hydrogens (tertiary/aromatic N) is 1. The van der Waals surface area contributed by atoms with Gasteiger partial charge in [0.2, 0.25) is 0 Å². The molecule has 0 aliphatic heterocycles. The van der Waals surface area contributed by atoms with Crippen LogP contribution in [0.25, 0.3) is 0 Å². The molecular weight excluding hydrogens is 234 g/mol. The van der Waals surface area contributed by atoms with Gasteiger partial charge in [-0.05, 0) is 39.7 Å². The molecule has 1 rings (SSSR count). The van der Waals surface area contributed by atoms with E-state index >= 15 is 0 Å². The molecule has 3 heteroatoms. The highest BCUT2D eigenvalue weighted by atomic mass is 35.5. The lowest BCUT2D eigenvalue weighted by molar-refractivity contribution is 0.0991. The fraction of sp³-hybridized carbons (Fsp3) is 0.643. The van der Waals surface area contributed by atoms with Gasteiger partial charge in [-0.15, -0.1) is 11.6 Å². The molecular formula is C14H22ClNO. The number of ketones is 1. The first-order valence-corrected chi connectivity index (χ1v) is 6.74. The zero-order valence-corrected chi connectivity index (χ0v) is 12.1. The van der Waals surface area contributed by atoms with Crippen molar-refractivity contribution in [3.8, 4) is 0 Å². The van der Waals surface area contributed by atoms with Gasteiger partial charge < -0.3 is 4.57 Å². The van der Waals surface area contributed by atoms with Crippen LogP contribution >= 0.6 is 11.6 Å². The predicted octanol–water partition coefficient (Wildman–Crippen LogP) is 4.28. The highest BCUT2D eigenvalue weighted by molar-refractivity contribution is 6.33. The van der Waals surface area contributed by atoms with Crippen molar-refractivity contribution < 1.29 is 4.79 Å². The normalized spacial score (nSPS) is 13.1.